The van der Waals surface area contributed by atoms with Crippen molar-refractivity contribution in [3.05, 3.63) is 35.4 Å². The van der Waals surface area contributed by atoms with Crippen LogP contribution in [0.2, 0.25) is 0 Å². The Kier molecular flexibility index (Phi) is 5.69. The normalized spacial score (nSPS) is 13.8. The zero-order chi connectivity index (χ0) is 16.9. The molecule has 1 amide bonds. The van der Waals surface area contributed by atoms with Gasteiger partial charge in [-0.05, 0) is 36.5 Å². The highest BCUT2D eigenvalue weighted by atomic mass is 16.4. The molecule has 5 nitrogen and oxygen atoms in total. The van der Waals surface area contributed by atoms with Crippen molar-refractivity contribution in [2.45, 2.75) is 45.6 Å². The summed E-state index contributed by atoms with van der Waals surface area (Å²) in [5, 5.41) is 20.4. The van der Waals surface area contributed by atoms with Crippen molar-refractivity contribution >= 4 is 11.9 Å². The summed E-state index contributed by atoms with van der Waals surface area (Å²) in [6.07, 6.45) is 0.0810. The Morgan fingerprint density at radius 3 is 2.23 bits per heavy atom. The van der Waals surface area contributed by atoms with Crippen molar-refractivity contribution in [3.8, 4) is 6.07 Å². The summed E-state index contributed by atoms with van der Waals surface area (Å²) < 4.78 is 0. The van der Waals surface area contributed by atoms with Gasteiger partial charge in [0.2, 0.25) is 0 Å². The topological polar surface area (TPSA) is 90.2 Å². The highest BCUT2D eigenvalue weighted by Crippen LogP contribution is 2.22. The zero-order valence-corrected chi connectivity index (χ0v) is 13.4. The largest absolute Gasteiger partial charge is 0.480 e. The third-order valence-corrected chi connectivity index (χ3v) is 3.43. The van der Waals surface area contributed by atoms with Gasteiger partial charge < -0.3 is 10.4 Å². The van der Waals surface area contributed by atoms with Crippen LogP contribution in [0.5, 0.6) is 0 Å². The number of hydrogen-bond donors (Lipinski definition) is 2. The second kappa shape index (κ2) is 7.08. The molecule has 0 aliphatic rings. The summed E-state index contributed by atoms with van der Waals surface area (Å²) in [7, 11) is 0. The lowest BCUT2D eigenvalue weighted by Gasteiger charge is -2.19. The van der Waals surface area contributed by atoms with Gasteiger partial charge in [-0.15, -0.1) is 0 Å². The van der Waals surface area contributed by atoms with E-state index >= 15 is 0 Å². The molecule has 22 heavy (non-hydrogen) atoms. The van der Waals surface area contributed by atoms with Crippen LogP contribution in [0.15, 0.2) is 24.3 Å². The number of benzene rings is 1. The fourth-order valence-electron chi connectivity index (χ4n) is 1.99. The number of nitriles is 1. The van der Waals surface area contributed by atoms with Crippen LogP contribution in [-0.2, 0) is 10.2 Å². The second-order valence-electron chi connectivity index (χ2n) is 6.46. The van der Waals surface area contributed by atoms with Gasteiger partial charge in [-0.1, -0.05) is 32.9 Å². The van der Waals surface area contributed by atoms with Crippen molar-refractivity contribution < 1.29 is 14.7 Å². The van der Waals surface area contributed by atoms with Crippen molar-refractivity contribution in [3.63, 3.8) is 0 Å². The van der Waals surface area contributed by atoms with Gasteiger partial charge in [0.05, 0.1) is 6.07 Å². The average molecular weight is 302 g/mol. The molecule has 0 heterocycles. The first-order valence-electron chi connectivity index (χ1n) is 7.19. The molecule has 0 aliphatic carbocycles. The van der Waals surface area contributed by atoms with Crippen LogP contribution in [0.3, 0.4) is 0 Å². The molecule has 1 aromatic carbocycles. The fraction of sp³-hybridized carbons (Fsp3) is 0.471. The Balaban J connectivity index is 2.82. The van der Waals surface area contributed by atoms with E-state index in [4.69, 9.17) is 10.4 Å². The number of amides is 1. The number of rotatable bonds is 5. The molecule has 2 N–H and O–H groups in total. The molecule has 5 heteroatoms. The maximum absolute atomic E-state index is 12.1. The smallest absolute Gasteiger partial charge is 0.326 e. The molecule has 0 spiro atoms. The predicted octanol–water partition coefficient (Wildman–Crippen LogP) is 2.72. The lowest BCUT2D eigenvalue weighted by atomic mass is 9.86. The fourth-order valence-corrected chi connectivity index (χ4v) is 1.99. The summed E-state index contributed by atoms with van der Waals surface area (Å²) in [4.78, 5) is 23.3. The molecule has 0 saturated carbocycles. The van der Waals surface area contributed by atoms with Gasteiger partial charge in [0.1, 0.15) is 6.04 Å². The van der Waals surface area contributed by atoms with Crippen LogP contribution in [-0.4, -0.2) is 23.0 Å². The minimum absolute atomic E-state index is 0.0131. The van der Waals surface area contributed by atoms with Crippen molar-refractivity contribution in [1.29, 1.82) is 5.26 Å². The Morgan fingerprint density at radius 2 is 1.82 bits per heavy atom. The molecule has 1 aromatic rings. The van der Waals surface area contributed by atoms with E-state index in [1.165, 1.54) is 0 Å². The van der Waals surface area contributed by atoms with E-state index in [0.717, 1.165) is 5.56 Å². The summed E-state index contributed by atoms with van der Waals surface area (Å²) in [6.45, 7) is 7.85. The Labute approximate surface area is 131 Å². The third-order valence-electron chi connectivity index (χ3n) is 3.43. The molecule has 1 rings (SSSR count). The van der Waals surface area contributed by atoms with Crippen LogP contribution in [0.4, 0.5) is 0 Å². The Bertz CT molecular complexity index is 579. The minimum Gasteiger partial charge on any atom is -0.480 e. The van der Waals surface area contributed by atoms with Crippen LogP contribution < -0.4 is 5.32 Å². The number of nitrogens with one attached hydrogen (secondary N) is 1. The van der Waals surface area contributed by atoms with Gasteiger partial charge in [-0.2, -0.15) is 5.26 Å². The number of carboxylic acids is 1. The number of hydrogen-bond acceptors (Lipinski definition) is 3. The number of nitrogens with zero attached hydrogens (tertiary/aromatic N) is 1. The molecule has 0 unspecified atom stereocenters. The number of carbonyl (C=O) groups is 2. The molecule has 0 bridgehead atoms. The van der Waals surface area contributed by atoms with E-state index in [1.807, 2.05) is 18.2 Å². The predicted molar refractivity (Wildman–Crippen MR) is 83.4 cm³/mol. The van der Waals surface area contributed by atoms with E-state index in [2.05, 4.69) is 26.1 Å². The van der Waals surface area contributed by atoms with Gasteiger partial charge >= 0.3 is 5.97 Å². The van der Waals surface area contributed by atoms with Crippen LogP contribution in [0.1, 0.15) is 50.0 Å². The SMILES string of the molecule is C[C@H](C#N)C[C@@H](NC(=O)c1ccc(C(C)(C)C)cc1)C(=O)O. The molecule has 0 saturated heterocycles. The lowest BCUT2D eigenvalue weighted by Crippen LogP contribution is -2.41. The maximum Gasteiger partial charge on any atom is 0.326 e. The highest BCUT2D eigenvalue weighted by molar-refractivity contribution is 5.96. The summed E-state index contributed by atoms with van der Waals surface area (Å²) >= 11 is 0. The first-order valence-corrected chi connectivity index (χ1v) is 7.19. The second-order valence-corrected chi connectivity index (χ2v) is 6.46. The molecular formula is C17H22N2O3. The molecule has 0 aromatic heterocycles. The number of carboxylic acid groups (broad SMARTS) is 1. The molecule has 2 atom stereocenters. The Hall–Kier alpha value is -2.35. The van der Waals surface area contributed by atoms with E-state index in [9.17, 15) is 9.59 Å². The zero-order valence-electron chi connectivity index (χ0n) is 13.4. The van der Waals surface area contributed by atoms with Gasteiger partial charge in [0.25, 0.3) is 5.91 Å². The average Bonchev–Trinajstić information content (AvgIpc) is 2.45. The monoisotopic (exact) mass is 302 g/mol. The summed E-state index contributed by atoms with van der Waals surface area (Å²) in [5.41, 5.74) is 1.49. The van der Waals surface area contributed by atoms with Gasteiger partial charge in [-0.3, -0.25) is 4.79 Å². The molecule has 118 valence electrons. The molecular weight excluding hydrogens is 280 g/mol. The van der Waals surface area contributed by atoms with Gasteiger partial charge in [0, 0.05) is 11.5 Å². The summed E-state index contributed by atoms with van der Waals surface area (Å²) in [6, 6.07) is 8.00. The summed E-state index contributed by atoms with van der Waals surface area (Å²) in [5.74, 6) is -2.02. The van der Waals surface area contributed by atoms with E-state index in [0.29, 0.717) is 5.56 Å². The maximum atomic E-state index is 12.1. The lowest BCUT2D eigenvalue weighted by molar-refractivity contribution is -0.139. The molecule has 0 radical (unpaired) electrons. The van der Waals surface area contributed by atoms with E-state index < -0.39 is 23.8 Å². The first kappa shape index (κ1) is 17.7. The quantitative estimate of drug-likeness (QED) is 0.875. The van der Waals surface area contributed by atoms with Crippen LogP contribution in [0.25, 0.3) is 0 Å². The van der Waals surface area contributed by atoms with Crippen molar-refractivity contribution in [2.24, 2.45) is 5.92 Å². The third kappa shape index (κ3) is 4.88. The standard InChI is InChI=1S/C17H22N2O3/c1-11(10-18)9-14(16(21)22)19-15(20)12-5-7-13(8-6-12)17(2,3)4/h5-8,11,14H,9H2,1-4H3,(H,19,20)(H,21,22)/t11-,14+/m0/s1. The first-order chi connectivity index (χ1) is 10.1. The van der Waals surface area contributed by atoms with Crippen molar-refractivity contribution in [2.75, 3.05) is 0 Å². The Morgan fingerprint density at radius 1 is 1.27 bits per heavy atom. The minimum atomic E-state index is -1.14. The van der Waals surface area contributed by atoms with E-state index in [1.54, 1.807) is 19.1 Å². The van der Waals surface area contributed by atoms with Crippen molar-refractivity contribution in [1.82, 2.24) is 5.32 Å². The van der Waals surface area contributed by atoms with Crippen LogP contribution in [0, 0.1) is 17.2 Å². The van der Waals surface area contributed by atoms with Gasteiger partial charge in [0.15, 0.2) is 0 Å². The number of carbonyl (C=O) groups excluding carboxylic acids is 1. The molecule has 0 aliphatic heterocycles. The number of aliphatic carboxylic acids is 1. The highest BCUT2D eigenvalue weighted by Gasteiger charge is 2.23. The van der Waals surface area contributed by atoms with Crippen LogP contribution >= 0.6 is 0 Å². The van der Waals surface area contributed by atoms with Gasteiger partial charge in [-0.25, -0.2) is 4.79 Å². The molecule has 0 fully saturated rings. The van der Waals surface area contributed by atoms with E-state index in [-0.39, 0.29) is 11.8 Å².